The van der Waals surface area contributed by atoms with Crippen LogP contribution in [0.2, 0.25) is 0 Å². The SMILES string of the molecule is COc1ccc(Oc2ncnc(N)c2OC)c(Br)c1. The second-order valence-corrected chi connectivity index (χ2v) is 4.35. The van der Waals surface area contributed by atoms with Crippen molar-refractivity contribution in [2.75, 3.05) is 20.0 Å². The number of anilines is 1. The first kappa shape index (κ1) is 13.4. The Balaban J connectivity index is 2.34. The summed E-state index contributed by atoms with van der Waals surface area (Å²) in [4.78, 5) is 7.83. The Morgan fingerprint density at radius 3 is 2.58 bits per heavy atom. The number of hydrogen-bond acceptors (Lipinski definition) is 6. The van der Waals surface area contributed by atoms with Gasteiger partial charge in [-0.2, -0.15) is 4.98 Å². The van der Waals surface area contributed by atoms with E-state index in [2.05, 4.69) is 25.9 Å². The molecule has 0 amide bonds. The summed E-state index contributed by atoms with van der Waals surface area (Å²) in [6.07, 6.45) is 1.31. The van der Waals surface area contributed by atoms with Gasteiger partial charge >= 0.3 is 0 Å². The molecule has 2 rings (SSSR count). The lowest BCUT2D eigenvalue weighted by atomic mass is 10.3. The molecule has 7 heteroatoms. The highest BCUT2D eigenvalue weighted by atomic mass is 79.9. The Morgan fingerprint density at radius 1 is 1.16 bits per heavy atom. The molecule has 0 unspecified atom stereocenters. The zero-order chi connectivity index (χ0) is 13.8. The molecule has 0 atom stereocenters. The molecule has 0 radical (unpaired) electrons. The van der Waals surface area contributed by atoms with Crippen LogP contribution in [0.25, 0.3) is 0 Å². The third kappa shape index (κ3) is 2.87. The van der Waals surface area contributed by atoms with Gasteiger partial charge in [0.2, 0.25) is 5.75 Å². The van der Waals surface area contributed by atoms with E-state index < -0.39 is 0 Å². The van der Waals surface area contributed by atoms with Crippen molar-refractivity contribution in [1.82, 2.24) is 9.97 Å². The van der Waals surface area contributed by atoms with Crippen LogP contribution in [0.15, 0.2) is 29.0 Å². The van der Waals surface area contributed by atoms with Crippen LogP contribution in [0.5, 0.6) is 23.1 Å². The van der Waals surface area contributed by atoms with E-state index >= 15 is 0 Å². The number of halogens is 1. The van der Waals surface area contributed by atoms with Crippen LogP contribution >= 0.6 is 15.9 Å². The minimum absolute atomic E-state index is 0.220. The van der Waals surface area contributed by atoms with Crippen LogP contribution in [0.1, 0.15) is 0 Å². The highest BCUT2D eigenvalue weighted by Gasteiger charge is 2.13. The molecule has 100 valence electrons. The van der Waals surface area contributed by atoms with Gasteiger partial charge in [0, 0.05) is 0 Å². The third-order valence-corrected chi connectivity index (χ3v) is 2.97. The molecule has 0 aliphatic heterocycles. The predicted octanol–water partition coefficient (Wildman–Crippen LogP) is 2.63. The molecule has 6 nitrogen and oxygen atoms in total. The molecule has 0 bridgehead atoms. The Hall–Kier alpha value is -2.02. The number of hydrogen-bond donors (Lipinski definition) is 1. The number of benzene rings is 1. The molecule has 0 aliphatic carbocycles. The lowest BCUT2D eigenvalue weighted by Crippen LogP contribution is -2.00. The van der Waals surface area contributed by atoms with Gasteiger partial charge in [-0.1, -0.05) is 0 Å². The average molecular weight is 326 g/mol. The summed E-state index contributed by atoms with van der Waals surface area (Å²) in [6.45, 7) is 0. The molecule has 0 fully saturated rings. The normalized spacial score (nSPS) is 10.1. The molecule has 2 aromatic rings. The minimum atomic E-state index is 0.220. The van der Waals surface area contributed by atoms with Crippen LogP contribution < -0.4 is 19.9 Å². The van der Waals surface area contributed by atoms with E-state index in [1.807, 2.05) is 0 Å². The van der Waals surface area contributed by atoms with Crippen LogP contribution in [0.3, 0.4) is 0 Å². The Kier molecular flexibility index (Phi) is 4.06. The number of ether oxygens (including phenoxy) is 3. The number of methoxy groups -OCH3 is 2. The summed E-state index contributed by atoms with van der Waals surface area (Å²) in [5.74, 6) is 2.05. The zero-order valence-corrected chi connectivity index (χ0v) is 12.0. The maximum absolute atomic E-state index is 5.68. The van der Waals surface area contributed by atoms with Crippen molar-refractivity contribution in [3.63, 3.8) is 0 Å². The number of nitrogens with two attached hydrogens (primary N) is 1. The quantitative estimate of drug-likeness (QED) is 0.930. The van der Waals surface area contributed by atoms with E-state index in [1.54, 1.807) is 25.3 Å². The van der Waals surface area contributed by atoms with Crippen molar-refractivity contribution in [1.29, 1.82) is 0 Å². The molecule has 2 N–H and O–H groups in total. The van der Waals surface area contributed by atoms with E-state index in [1.165, 1.54) is 13.4 Å². The molecular formula is C12H12BrN3O3. The molecule has 0 saturated carbocycles. The van der Waals surface area contributed by atoms with E-state index in [-0.39, 0.29) is 11.7 Å². The maximum Gasteiger partial charge on any atom is 0.268 e. The molecule has 1 aromatic heterocycles. The third-order valence-electron chi connectivity index (χ3n) is 2.35. The first-order valence-corrected chi connectivity index (χ1v) is 6.11. The molecule has 0 aliphatic rings. The Bertz CT molecular complexity index is 592. The van der Waals surface area contributed by atoms with E-state index in [4.69, 9.17) is 19.9 Å². The number of nitrogens with zero attached hydrogens (tertiary/aromatic N) is 2. The molecule has 1 aromatic carbocycles. The van der Waals surface area contributed by atoms with Gasteiger partial charge in [0.1, 0.15) is 17.8 Å². The summed E-state index contributed by atoms with van der Waals surface area (Å²) < 4.78 is 16.6. The van der Waals surface area contributed by atoms with Crippen LogP contribution in [-0.4, -0.2) is 24.2 Å². The fourth-order valence-electron chi connectivity index (χ4n) is 1.43. The second-order valence-electron chi connectivity index (χ2n) is 3.50. The predicted molar refractivity (Wildman–Crippen MR) is 73.8 cm³/mol. The first-order valence-electron chi connectivity index (χ1n) is 5.31. The van der Waals surface area contributed by atoms with Crippen molar-refractivity contribution in [2.24, 2.45) is 0 Å². The van der Waals surface area contributed by atoms with Gasteiger partial charge in [-0.25, -0.2) is 4.98 Å². The fraction of sp³-hybridized carbons (Fsp3) is 0.167. The Morgan fingerprint density at radius 2 is 1.95 bits per heavy atom. The molecule has 19 heavy (non-hydrogen) atoms. The van der Waals surface area contributed by atoms with E-state index in [0.717, 1.165) is 4.47 Å². The van der Waals surface area contributed by atoms with E-state index in [9.17, 15) is 0 Å². The summed E-state index contributed by atoms with van der Waals surface area (Å²) in [7, 11) is 3.07. The van der Waals surface area contributed by atoms with Crippen molar-refractivity contribution < 1.29 is 14.2 Å². The minimum Gasteiger partial charge on any atom is -0.497 e. The van der Waals surface area contributed by atoms with Crippen molar-refractivity contribution in [2.45, 2.75) is 0 Å². The van der Waals surface area contributed by atoms with Gasteiger partial charge in [-0.3, -0.25) is 0 Å². The van der Waals surface area contributed by atoms with Crippen molar-refractivity contribution >= 4 is 21.7 Å². The van der Waals surface area contributed by atoms with Gasteiger partial charge in [0.15, 0.2) is 5.82 Å². The van der Waals surface area contributed by atoms with Crippen molar-refractivity contribution in [3.8, 4) is 23.1 Å². The molecule has 0 saturated heterocycles. The van der Waals surface area contributed by atoms with Gasteiger partial charge < -0.3 is 19.9 Å². The van der Waals surface area contributed by atoms with E-state index in [0.29, 0.717) is 17.2 Å². The molecule has 1 heterocycles. The number of aromatic nitrogens is 2. The summed E-state index contributed by atoms with van der Waals surface area (Å²) in [5, 5.41) is 0. The fourth-order valence-corrected chi connectivity index (χ4v) is 1.87. The zero-order valence-electron chi connectivity index (χ0n) is 10.4. The van der Waals surface area contributed by atoms with Crippen LogP contribution in [-0.2, 0) is 0 Å². The molecule has 0 spiro atoms. The van der Waals surface area contributed by atoms with Gasteiger partial charge in [-0.15, -0.1) is 0 Å². The topological polar surface area (TPSA) is 79.5 Å². The lowest BCUT2D eigenvalue weighted by Gasteiger charge is -2.11. The van der Waals surface area contributed by atoms with Crippen LogP contribution in [0.4, 0.5) is 5.82 Å². The summed E-state index contributed by atoms with van der Waals surface area (Å²) >= 11 is 3.39. The van der Waals surface area contributed by atoms with Gasteiger partial charge in [0.25, 0.3) is 5.88 Å². The number of nitrogen functional groups attached to an aromatic ring is 1. The van der Waals surface area contributed by atoms with Crippen molar-refractivity contribution in [3.05, 3.63) is 29.0 Å². The smallest absolute Gasteiger partial charge is 0.268 e. The van der Waals surface area contributed by atoms with Gasteiger partial charge in [-0.05, 0) is 34.1 Å². The summed E-state index contributed by atoms with van der Waals surface area (Å²) in [5.41, 5.74) is 5.68. The first-order chi connectivity index (χ1) is 9.15. The average Bonchev–Trinajstić information content (AvgIpc) is 2.41. The summed E-state index contributed by atoms with van der Waals surface area (Å²) in [6, 6.07) is 5.31. The van der Waals surface area contributed by atoms with Crippen LogP contribution in [0, 0.1) is 0 Å². The largest absolute Gasteiger partial charge is 0.497 e. The molecular weight excluding hydrogens is 314 g/mol. The monoisotopic (exact) mass is 325 g/mol. The standard InChI is InChI=1S/C12H12BrN3O3/c1-17-7-3-4-9(8(13)5-7)19-12-10(18-2)11(14)15-6-16-12/h3-6H,1-2H3,(H2,14,15,16). The Labute approximate surface area is 118 Å². The second kappa shape index (κ2) is 5.75. The number of rotatable bonds is 4. The van der Waals surface area contributed by atoms with Gasteiger partial charge in [0.05, 0.1) is 18.7 Å². The maximum atomic E-state index is 5.68. The lowest BCUT2D eigenvalue weighted by molar-refractivity contribution is 0.368. The highest BCUT2D eigenvalue weighted by Crippen LogP contribution is 2.36. The highest BCUT2D eigenvalue weighted by molar-refractivity contribution is 9.10.